The Morgan fingerprint density at radius 1 is 1.31 bits per heavy atom. The first-order chi connectivity index (χ1) is 12.3. The number of benzene rings is 1. The standard InChI is InChI=1S/C21H23ClN2OS/c1-5-20(4)15(22)9-14-19(2,3)11-7-6-8-13-16(11)12(10-23-13)21(14)17(20)24-18(25)26-21/h5-8,10,14-15,17,23H,1,9H2,2-4H3,(H,24,25)/t14-,15-,17+,20+,21-/m1/s1. The number of nitrogens with one attached hydrogen (secondary N) is 2. The first-order valence-corrected chi connectivity index (χ1v) is 10.4. The Bertz CT molecular complexity index is 966. The minimum atomic E-state index is -0.358. The highest BCUT2D eigenvalue weighted by molar-refractivity contribution is 8.14. The molecule has 0 radical (unpaired) electrons. The van der Waals surface area contributed by atoms with Crippen molar-refractivity contribution in [2.24, 2.45) is 11.3 Å². The highest BCUT2D eigenvalue weighted by atomic mass is 35.5. The number of alkyl halides is 1. The second-order valence-electron chi connectivity index (χ2n) is 8.74. The van der Waals surface area contributed by atoms with E-state index in [1.54, 1.807) is 0 Å². The van der Waals surface area contributed by atoms with Crippen LogP contribution in [-0.4, -0.2) is 21.6 Å². The van der Waals surface area contributed by atoms with Crippen molar-refractivity contribution in [3.8, 4) is 0 Å². The van der Waals surface area contributed by atoms with E-state index in [2.05, 4.69) is 62.0 Å². The Morgan fingerprint density at radius 2 is 2.08 bits per heavy atom. The molecular weight excluding hydrogens is 364 g/mol. The van der Waals surface area contributed by atoms with Crippen LogP contribution in [0.3, 0.4) is 0 Å². The van der Waals surface area contributed by atoms with Crippen molar-refractivity contribution in [2.75, 3.05) is 0 Å². The summed E-state index contributed by atoms with van der Waals surface area (Å²) in [6.45, 7) is 10.9. The van der Waals surface area contributed by atoms with Crippen LogP contribution in [0.1, 0.15) is 38.3 Å². The average Bonchev–Trinajstić information content (AvgIpc) is 3.18. The number of carbonyl (C=O) groups excluding carboxylic acids is 1. The van der Waals surface area contributed by atoms with Crippen molar-refractivity contribution in [3.63, 3.8) is 0 Å². The number of carbonyl (C=O) groups is 1. The van der Waals surface area contributed by atoms with E-state index in [-0.39, 0.29) is 38.2 Å². The quantitative estimate of drug-likeness (QED) is 0.516. The molecule has 5 heteroatoms. The van der Waals surface area contributed by atoms with Crippen LogP contribution in [0.2, 0.25) is 0 Å². The minimum Gasteiger partial charge on any atom is -0.361 e. The summed E-state index contributed by atoms with van der Waals surface area (Å²) >= 11 is 8.41. The summed E-state index contributed by atoms with van der Waals surface area (Å²) in [5.74, 6) is 0.258. The highest BCUT2D eigenvalue weighted by Gasteiger charge is 2.69. The van der Waals surface area contributed by atoms with E-state index in [0.717, 1.165) is 11.9 Å². The van der Waals surface area contributed by atoms with Gasteiger partial charge in [0.15, 0.2) is 0 Å². The normalized spacial score (nSPS) is 40.0. The number of thioether (sulfide) groups is 1. The van der Waals surface area contributed by atoms with Gasteiger partial charge in [0.2, 0.25) is 0 Å². The Kier molecular flexibility index (Phi) is 3.16. The molecule has 1 aliphatic heterocycles. The third-order valence-corrected chi connectivity index (χ3v) is 9.37. The van der Waals surface area contributed by atoms with E-state index < -0.39 is 0 Å². The van der Waals surface area contributed by atoms with Crippen LogP contribution in [0.25, 0.3) is 10.9 Å². The summed E-state index contributed by atoms with van der Waals surface area (Å²) in [6.07, 6.45) is 4.93. The zero-order chi connectivity index (χ0) is 18.5. The van der Waals surface area contributed by atoms with Crippen LogP contribution in [0.15, 0.2) is 37.1 Å². The fourth-order valence-corrected chi connectivity index (χ4v) is 7.98. The van der Waals surface area contributed by atoms with Crippen LogP contribution in [0.4, 0.5) is 4.79 Å². The third-order valence-electron chi connectivity index (χ3n) is 7.34. The summed E-state index contributed by atoms with van der Waals surface area (Å²) < 4.78 is -0.332. The van der Waals surface area contributed by atoms with Crippen LogP contribution in [-0.2, 0) is 10.2 Å². The number of hydrogen-bond donors (Lipinski definition) is 2. The molecule has 1 saturated heterocycles. The van der Waals surface area contributed by atoms with Crippen molar-refractivity contribution in [3.05, 3.63) is 48.2 Å². The molecule has 5 rings (SSSR count). The molecule has 1 saturated carbocycles. The van der Waals surface area contributed by atoms with Gasteiger partial charge in [-0.3, -0.25) is 4.79 Å². The number of halogens is 1. The summed E-state index contributed by atoms with van der Waals surface area (Å²) in [7, 11) is 0. The zero-order valence-corrected chi connectivity index (χ0v) is 16.8. The molecule has 2 aromatic rings. The summed E-state index contributed by atoms with van der Waals surface area (Å²) in [5.41, 5.74) is 3.31. The summed E-state index contributed by atoms with van der Waals surface area (Å²) in [5, 5.41) is 4.53. The van der Waals surface area contributed by atoms with E-state index in [1.165, 1.54) is 28.3 Å². The van der Waals surface area contributed by atoms with Gasteiger partial charge >= 0.3 is 0 Å². The van der Waals surface area contributed by atoms with Gasteiger partial charge < -0.3 is 10.3 Å². The Morgan fingerprint density at radius 3 is 2.81 bits per heavy atom. The number of hydrogen-bond acceptors (Lipinski definition) is 2. The van der Waals surface area contributed by atoms with Crippen LogP contribution in [0, 0.1) is 11.3 Å². The van der Waals surface area contributed by atoms with Gasteiger partial charge in [-0.1, -0.05) is 50.7 Å². The predicted molar refractivity (Wildman–Crippen MR) is 109 cm³/mol. The van der Waals surface area contributed by atoms with Gasteiger partial charge in [0.25, 0.3) is 5.24 Å². The van der Waals surface area contributed by atoms with Crippen LogP contribution >= 0.6 is 23.4 Å². The van der Waals surface area contributed by atoms with Crippen LogP contribution in [0.5, 0.6) is 0 Å². The molecule has 2 fully saturated rings. The van der Waals surface area contributed by atoms with Gasteiger partial charge in [-0.15, -0.1) is 18.2 Å². The molecule has 3 nitrogen and oxygen atoms in total. The highest BCUT2D eigenvalue weighted by Crippen LogP contribution is 2.68. The number of amides is 1. The number of H-pyrrole nitrogens is 1. The average molecular weight is 387 g/mol. The number of rotatable bonds is 1. The molecule has 1 aromatic carbocycles. The fourth-order valence-electron chi connectivity index (χ4n) is 5.87. The molecule has 2 aliphatic carbocycles. The maximum Gasteiger partial charge on any atom is 0.280 e. The molecule has 2 N–H and O–H groups in total. The number of aromatic amines is 1. The van der Waals surface area contributed by atoms with E-state index in [9.17, 15) is 4.79 Å². The molecule has 1 amide bonds. The van der Waals surface area contributed by atoms with Crippen molar-refractivity contribution in [1.82, 2.24) is 10.3 Å². The summed E-state index contributed by atoms with van der Waals surface area (Å²) in [4.78, 5) is 16.2. The molecule has 3 aliphatic rings. The lowest BCUT2D eigenvalue weighted by molar-refractivity contribution is 0.0795. The molecule has 0 unspecified atom stereocenters. The van der Waals surface area contributed by atoms with Crippen molar-refractivity contribution >= 4 is 39.5 Å². The van der Waals surface area contributed by atoms with E-state index >= 15 is 0 Å². The zero-order valence-electron chi connectivity index (χ0n) is 15.2. The van der Waals surface area contributed by atoms with Crippen molar-refractivity contribution in [1.29, 1.82) is 0 Å². The monoisotopic (exact) mass is 386 g/mol. The SMILES string of the molecule is C=C[C@@]1(C)[C@H](Cl)C[C@@H]2C(C)(C)c3cccc4[nH]cc(c34)[C@@]23SC(=O)N[C@@H]13. The Balaban J connectivity index is 1.90. The first-order valence-electron chi connectivity index (χ1n) is 9.15. The van der Waals surface area contributed by atoms with E-state index in [0.29, 0.717) is 0 Å². The maximum absolute atomic E-state index is 12.7. The lowest BCUT2D eigenvalue weighted by Gasteiger charge is -2.60. The Labute approximate surface area is 162 Å². The fraction of sp³-hybridized carbons (Fsp3) is 0.476. The van der Waals surface area contributed by atoms with E-state index in [1.807, 2.05) is 6.08 Å². The predicted octanol–water partition coefficient (Wildman–Crippen LogP) is 5.30. The Hall–Kier alpha value is -1.39. The molecule has 5 atom stereocenters. The second kappa shape index (κ2) is 4.90. The van der Waals surface area contributed by atoms with Gasteiger partial charge in [0.1, 0.15) is 0 Å². The molecule has 1 aromatic heterocycles. The van der Waals surface area contributed by atoms with Gasteiger partial charge in [-0.2, -0.15) is 0 Å². The van der Waals surface area contributed by atoms with Crippen molar-refractivity contribution < 1.29 is 4.79 Å². The molecule has 1 spiro atoms. The first kappa shape index (κ1) is 16.8. The largest absolute Gasteiger partial charge is 0.361 e. The molecule has 2 heterocycles. The van der Waals surface area contributed by atoms with Gasteiger partial charge in [-0.25, -0.2) is 0 Å². The van der Waals surface area contributed by atoms with Crippen LogP contribution < -0.4 is 5.32 Å². The second-order valence-corrected chi connectivity index (χ2v) is 10.5. The lowest BCUT2D eigenvalue weighted by Crippen LogP contribution is -2.65. The minimum absolute atomic E-state index is 0.0448. The lowest BCUT2D eigenvalue weighted by atomic mass is 9.50. The number of aromatic nitrogens is 1. The van der Waals surface area contributed by atoms with Gasteiger partial charge in [0, 0.05) is 27.9 Å². The third kappa shape index (κ3) is 1.67. The molecular formula is C21H23ClN2OS. The molecule has 136 valence electrons. The molecule has 0 bridgehead atoms. The maximum atomic E-state index is 12.7. The molecule has 26 heavy (non-hydrogen) atoms. The smallest absolute Gasteiger partial charge is 0.280 e. The van der Waals surface area contributed by atoms with Gasteiger partial charge in [0.05, 0.1) is 10.8 Å². The van der Waals surface area contributed by atoms with Crippen molar-refractivity contribution in [2.45, 2.75) is 48.8 Å². The van der Waals surface area contributed by atoms with E-state index in [4.69, 9.17) is 11.6 Å². The topological polar surface area (TPSA) is 44.9 Å². The summed E-state index contributed by atoms with van der Waals surface area (Å²) in [6, 6.07) is 6.41. The van der Waals surface area contributed by atoms with Gasteiger partial charge in [-0.05, 0) is 34.9 Å².